The minimum absolute atomic E-state index is 0.0244. The zero-order valence-corrected chi connectivity index (χ0v) is 12.7. The van der Waals surface area contributed by atoms with Gasteiger partial charge in [0.15, 0.2) is 0 Å². The van der Waals surface area contributed by atoms with Crippen LogP contribution in [0.2, 0.25) is 0 Å². The Bertz CT molecular complexity index is 433. The molecule has 1 heterocycles. The summed E-state index contributed by atoms with van der Waals surface area (Å²) in [5.41, 5.74) is 0.554. The van der Waals surface area contributed by atoms with Gasteiger partial charge in [0.25, 0.3) is 5.91 Å². The Morgan fingerprint density at radius 1 is 1.53 bits per heavy atom. The van der Waals surface area contributed by atoms with Crippen molar-refractivity contribution in [3.05, 3.63) is 23.9 Å². The standard InChI is InChI=1S/C14H19BrN2O2/c1-19-13-12(7-4-9-16-13)14(18)17(10-8-15)11-5-2-3-6-11/h4,7,9,11H,2-3,5-6,8,10H2,1H3. The molecular formula is C14H19BrN2O2. The third-order valence-corrected chi connectivity index (χ3v) is 3.90. The molecule has 1 aromatic heterocycles. The van der Waals surface area contributed by atoms with E-state index in [1.807, 2.05) is 4.90 Å². The van der Waals surface area contributed by atoms with Crippen molar-refractivity contribution in [1.29, 1.82) is 0 Å². The van der Waals surface area contributed by atoms with Gasteiger partial charge in [0, 0.05) is 24.1 Å². The van der Waals surface area contributed by atoms with Gasteiger partial charge < -0.3 is 9.64 Å². The number of ether oxygens (including phenoxy) is 1. The minimum Gasteiger partial charge on any atom is -0.480 e. The maximum Gasteiger partial charge on any atom is 0.259 e. The topological polar surface area (TPSA) is 42.4 Å². The van der Waals surface area contributed by atoms with Crippen molar-refractivity contribution in [2.24, 2.45) is 0 Å². The van der Waals surface area contributed by atoms with E-state index in [2.05, 4.69) is 20.9 Å². The second kappa shape index (κ2) is 6.89. The van der Waals surface area contributed by atoms with Crippen LogP contribution in [-0.2, 0) is 0 Å². The van der Waals surface area contributed by atoms with Crippen molar-refractivity contribution in [3.63, 3.8) is 0 Å². The molecule has 0 aliphatic heterocycles. The summed E-state index contributed by atoms with van der Waals surface area (Å²) >= 11 is 3.43. The van der Waals surface area contributed by atoms with Crippen LogP contribution in [0.15, 0.2) is 18.3 Å². The van der Waals surface area contributed by atoms with Gasteiger partial charge in [0.1, 0.15) is 5.56 Å². The SMILES string of the molecule is COc1ncccc1C(=O)N(CCBr)C1CCCC1. The molecular weight excluding hydrogens is 308 g/mol. The van der Waals surface area contributed by atoms with Gasteiger partial charge in [-0.15, -0.1) is 0 Å². The molecule has 0 spiro atoms. The Labute approximate surface area is 122 Å². The molecule has 4 nitrogen and oxygen atoms in total. The molecule has 0 radical (unpaired) electrons. The van der Waals surface area contributed by atoms with Gasteiger partial charge in [0.05, 0.1) is 7.11 Å². The van der Waals surface area contributed by atoms with E-state index in [1.54, 1.807) is 25.4 Å². The van der Waals surface area contributed by atoms with Crippen LogP contribution < -0.4 is 4.74 Å². The monoisotopic (exact) mass is 326 g/mol. The first-order valence-corrected chi connectivity index (χ1v) is 7.76. The molecule has 104 valence electrons. The lowest BCUT2D eigenvalue weighted by molar-refractivity contribution is 0.0692. The van der Waals surface area contributed by atoms with Crippen LogP contribution in [0.5, 0.6) is 5.88 Å². The number of carbonyl (C=O) groups excluding carboxylic acids is 1. The predicted octanol–water partition coefficient (Wildman–Crippen LogP) is 2.87. The molecule has 1 aliphatic carbocycles. The average Bonchev–Trinajstić information content (AvgIpc) is 2.98. The summed E-state index contributed by atoms with van der Waals surface area (Å²) < 4.78 is 5.19. The van der Waals surface area contributed by atoms with Gasteiger partial charge in [-0.3, -0.25) is 4.79 Å². The Kier molecular flexibility index (Phi) is 5.19. The Morgan fingerprint density at radius 2 is 2.26 bits per heavy atom. The molecule has 0 unspecified atom stereocenters. The molecule has 5 heteroatoms. The number of hydrogen-bond donors (Lipinski definition) is 0. The largest absolute Gasteiger partial charge is 0.480 e. The molecule has 0 N–H and O–H groups in total. The van der Waals surface area contributed by atoms with Crippen LogP contribution in [0.4, 0.5) is 0 Å². The lowest BCUT2D eigenvalue weighted by atomic mass is 10.1. The first-order valence-electron chi connectivity index (χ1n) is 6.64. The predicted molar refractivity (Wildman–Crippen MR) is 77.9 cm³/mol. The highest BCUT2D eigenvalue weighted by Crippen LogP contribution is 2.26. The molecule has 1 aromatic rings. The van der Waals surface area contributed by atoms with Gasteiger partial charge in [-0.25, -0.2) is 4.98 Å². The molecule has 0 bridgehead atoms. The molecule has 1 aliphatic rings. The van der Waals surface area contributed by atoms with E-state index in [0.717, 1.165) is 24.7 Å². The number of nitrogens with zero attached hydrogens (tertiary/aromatic N) is 2. The Balaban J connectivity index is 2.22. The number of aromatic nitrogens is 1. The van der Waals surface area contributed by atoms with Crippen LogP contribution >= 0.6 is 15.9 Å². The molecule has 1 amide bonds. The van der Waals surface area contributed by atoms with E-state index in [4.69, 9.17) is 4.74 Å². The summed E-state index contributed by atoms with van der Waals surface area (Å²) in [5.74, 6) is 0.432. The van der Waals surface area contributed by atoms with Crippen molar-refractivity contribution >= 4 is 21.8 Å². The third-order valence-electron chi connectivity index (χ3n) is 3.55. The first kappa shape index (κ1) is 14.3. The summed E-state index contributed by atoms with van der Waals surface area (Å²) in [7, 11) is 1.55. The molecule has 1 fully saturated rings. The second-order valence-electron chi connectivity index (χ2n) is 4.69. The van der Waals surface area contributed by atoms with Crippen molar-refractivity contribution < 1.29 is 9.53 Å². The van der Waals surface area contributed by atoms with Crippen LogP contribution in [0.25, 0.3) is 0 Å². The van der Waals surface area contributed by atoms with Crippen molar-refractivity contribution in [2.45, 2.75) is 31.7 Å². The van der Waals surface area contributed by atoms with Gasteiger partial charge in [-0.1, -0.05) is 28.8 Å². The number of methoxy groups -OCH3 is 1. The highest BCUT2D eigenvalue weighted by atomic mass is 79.9. The smallest absolute Gasteiger partial charge is 0.259 e. The lowest BCUT2D eigenvalue weighted by Gasteiger charge is -2.28. The van der Waals surface area contributed by atoms with Crippen LogP contribution in [-0.4, -0.2) is 40.8 Å². The van der Waals surface area contributed by atoms with E-state index < -0.39 is 0 Å². The molecule has 0 atom stereocenters. The van der Waals surface area contributed by atoms with E-state index in [-0.39, 0.29) is 5.91 Å². The van der Waals surface area contributed by atoms with Crippen LogP contribution in [0.1, 0.15) is 36.0 Å². The highest BCUT2D eigenvalue weighted by molar-refractivity contribution is 9.09. The molecule has 19 heavy (non-hydrogen) atoms. The number of alkyl halides is 1. The van der Waals surface area contributed by atoms with Crippen molar-refractivity contribution in [3.8, 4) is 5.88 Å². The maximum absolute atomic E-state index is 12.7. The van der Waals surface area contributed by atoms with E-state index >= 15 is 0 Å². The number of pyridine rings is 1. The second-order valence-corrected chi connectivity index (χ2v) is 5.48. The summed E-state index contributed by atoms with van der Waals surface area (Å²) in [6.45, 7) is 0.724. The number of carbonyl (C=O) groups is 1. The van der Waals surface area contributed by atoms with E-state index in [9.17, 15) is 4.79 Å². The van der Waals surface area contributed by atoms with Gasteiger partial charge >= 0.3 is 0 Å². The highest BCUT2D eigenvalue weighted by Gasteiger charge is 2.28. The maximum atomic E-state index is 12.7. The van der Waals surface area contributed by atoms with Gasteiger partial charge in [-0.2, -0.15) is 0 Å². The van der Waals surface area contributed by atoms with E-state index in [0.29, 0.717) is 17.5 Å². The molecule has 0 saturated heterocycles. The van der Waals surface area contributed by atoms with Crippen molar-refractivity contribution in [2.75, 3.05) is 19.0 Å². The number of amides is 1. The van der Waals surface area contributed by atoms with E-state index in [1.165, 1.54) is 12.8 Å². The quantitative estimate of drug-likeness (QED) is 0.781. The summed E-state index contributed by atoms with van der Waals surface area (Å²) in [4.78, 5) is 18.8. The lowest BCUT2D eigenvalue weighted by Crippen LogP contribution is -2.40. The molecule has 1 saturated carbocycles. The number of halogens is 1. The fraction of sp³-hybridized carbons (Fsp3) is 0.571. The summed E-state index contributed by atoms with van der Waals surface area (Å²) in [5, 5.41) is 0.790. The van der Waals surface area contributed by atoms with Gasteiger partial charge in [-0.05, 0) is 25.0 Å². The zero-order chi connectivity index (χ0) is 13.7. The van der Waals surface area contributed by atoms with Gasteiger partial charge in [0.2, 0.25) is 5.88 Å². The Morgan fingerprint density at radius 3 is 2.89 bits per heavy atom. The Hall–Kier alpha value is -1.10. The molecule has 2 rings (SSSR count). The minimum atomic E-state index is 0.0244. The normalized spacial score (nSPS) is 15.5. The molecule has 0 aromatic carbocycles. The number of rotatable bonds is 5. The fourth-order valence-electron chi connectivity index (χ4n) is 2.63. The summed E-state index contributed by atoms with van der Waals surface area (Å²) in [6.07, 6.45) is 6.25. The summed E-state index contributed by atoms with van der Waals surface area (Å²) in [6, 6.07) is 3.91. The fourth-order valence-corrected chi connectivity index (χ4v) is 3.01. The van der Waals surface area contributed by atoms with Crippen LogP contribution in [0, 0.1) is 0 Å². The number of hydrogen-bond acceptors (Lipinski definition) is 3. The zero-order valence-electron chi connectivity index (χ0n) is 11.1. The van der Waals surface area contributed by atoms with Crippen molar-refractivity contribution in [1.82, 2.24) is 9.88 Å². The third kappa shape index (κ3) is 3.26. The van der Waals surface area contributed by atoms with Crippen LogP contribution in [0.3, 0.4) is 0 Å². The first-order chi connectivity index (χ1) is 9.27. The average molecular weight is 327 g/mol.